The van der Waals surface area contributed by atoms with Gasteiger partial charge in [-0.05, 0) is 96.3 Å². The van der Waals surface area contributed by atoms with Crippen LogP contribution in [0.2, 0.25) is 0 Å². The second kappa shape index (κ2) is 52.0. The van der Waals surface area contributed by atoms with E-state index < -0.39 is 6.10 Å². The second-order valence-electron chi connectivity index (χ2n) is 18.1. The highest BCUT2D eigenvalue weighted by molar-refractivity contribution is 5.71. The summed E-state index contributed by atoms with van der Waals surface area (Å²) >= 11 is 0. The van der Waals surface area contributed by atoms with Gasteiger partial charge in [0.25, 0.3) is 0 Å². The molecule has 0 bridgehead atoms. The van der Waals surface area contributed by atoms with E-state index >= 15 is 0 Å². The zero-order valence-electron chi connectivity index (χ0n) is 41.8. The number of unbranched alkanes of at least 4 members (excludes halogenated alkanes) is 30. The van der Waals surface area contributed by atoms with Crippen molar-refractivity contribution in [2.75, 3.05) is 13.2 Å². The largest absolute Gasteiger partial charge is 0.462 e. The lowest BCUT2D eigenvalue weighted by molar-refractivity contribution is -0.167. The Bertz CT molecular complexity index is 1110. The minimum absolute atomic E-state index is 0.0803. The van der Waals surface area contributed by atoms with Crippen molar-refractivity contribution in [3.05, 3.63) is 48.6 Å². The predicted molar refractivity (Wildman–Crippen MR) is 270 cm³/mol. The zero-order valence-corrected chi connectivity index (χ0v) is 41.8. The molecule has 0 aromatic heterocycles. The SMILES string of the molecule is CC/C=C\C/C=C\CCCCCCCCCC(=O)OC(COC(=O)CCCCCCC/C=C\CCCCC)COC(=O)CCCCCCCCC/C=C\CCCCCCCCCC. The molecule has 0 fully saturated rings. The van der Waals surface area contributed by atoms with E-state index in [2.05, 4.69) is 69.4 Å². The fraction of sp³-hybridized carbons (Fsp3) is 0.807. The van der Waals surface area contributed by atoms with Crippen molar-refractivity contribution < 1.29 is 28.6 Å². The highest BCUT2D eigenvalue weighted by atomic mass is 16.6. The van der Waals surface area contributed by atoms with Crippen molar-refractivity contribution in [1.82, 2.24) is 0 Å². The van der Waals surface area contributed by atoms with E-state index in [-0.39, 0.29) is 31.1 Å². The molecule has 0 aliphatic heterocycles. The minimum atomic E-state index is -0.780. The molecule has 0 aromatic rings. The molecule has 0 heterocycles. The van der Waals surface area contributed by atoms with Crippen LogP contribution in [0.1, 0.15) is 278 Å². The van der Waals surface area contributed by atoms with Gasteiger partial charge in [-0.25, -0.2) is 0 Å². The monoisotopic (exact) mass is 883 g/mol. The predicted octanol–water partition coefficient (Wildman–Crippen LogP) is 17.9. The third kappa shape index (κ3) is 50.2. The van der Waals surface area contributed by atoms with Crippen LogP contribution in [0.3, 0.4) is 0 Å². The highest BCUT2D eigenvalue weighted by Gasteiger charge is 2.19. The summed E-state index contributed by atoms with van der Waals surface area (Å²) in [6.07, 6.45) is 62.4. The lowest BCUT2D eigenvalue weighted by Crippen LogP contribution is -2.30. The molecule has 0 N–H and O–H groups in total. The summed E-state index contributed by atoms with van der Waals surface area (Å²) in [6, 6.07) is 0. The lowest BCUT2D eigenvalue weighted by Gasteiger charge is -2.18. The number of hydrogen-bond donors (Lipinski definition) is 0. The molecule has 0 rings (SSSR count). The summed E-state index contributed by atoms with van der Waals surface area (Å²) in [5.74, 6) is -0.894. The van der Waals surface area contributed by atoms with Crippen molar-refractivity contribution in [3.63, 3.8) is 0 Å². The van der Waals surface area contributed by atoms with Gasteiger partial charge in [0.15, 0.2) is 6.10 Å². The molecule has 1 atom stereocenters. The van der Waals surface area contributed by atoms with Gasteiger partial charge in [0.1, 0.15) is 13.2 Å². The molecule has 0 aliphatic carbocycles. The van der Waals surface area contributed by atoms with Crippen LogP contribution < -0.4 is 0 Å². The maximum Gasteiger partial charge on any atom is 0.306 e. The maximum atomic E-state index is 12.8. The fourth-order valence-electron chi connectivity index (χ4n) is 7.70. The summed E-state index contributed by atoms with van der Waals surface area (Å²) in [6.45, 7) is 6.51. The van der Waals surface area contributed by atoms with Gasteiger partial charge in [-0.2, -0.15) is 0 Å². The van der Waals surface area contributed by atoms with Gasteiger partial charge < -0.3 is 14.2 Å². The topological polar surface area (TPSA) is 78.9 Å². The standard InChI is InChI=1S/C57H102O6/c1-4-7-10-13-16-19-22-25-27-28-29-30-31-33-35-38-41-44-47-50-56(59)62-53-54(52-61-55(58)49-46-43-40-37-34-24-21-18-15-12-9-6-3)63-57(60)51-48-45-42-39-36-32-26-23-20-17-14-11-8-5-2/h8,11,17-18,20-21,28-29,54H,4-7,9-10,12-16,19,22-27,30-53H2,1-3H3/b11-8-,20-17-,21-18-,29-28-. The van der Waals surface area contributed by atoms with Gasteiger partial charge in [0.05, 0.1) is 0 Å². The molecule has 0 radical (unpaired) electrons. The van der Waals surface area contributed by atoms with Gasteiger partial charge in [-0.1, -0.05) is 211 Å². The Morgan fingerprint density at radius 3 is 1.00 bits per heavy atom. The molecule has 1 unspecified atom stereocenters. The van der Waals surface area contributed by atoms with E-state index in [9.17, 15) is 14.4 Å². The summed E-state index contributed by atoms with van der Waals surface area (Å²) in [4.78, 5) is 38.0. The van der Waals surface area contributed by atoms with Crippen LogP contribution in [0, 0.1) is 0 Å². The summed E-state index contributed by atoms with van der Waals surface area (Å²) in [5, 5.41) is 0. The van der Waals surface area contributed by atoms with E-state index in [0.29, 0.717) is 19.3 Å². The molecule has 0 saturated heterocycles. The number of ether oxygens (including phenoxy) is 3. The summed E-state index contributed by atoms with van der Waals surface area (Å²) < 4.78 is 16.8. The van der Waals surface area contributed by atoms with Crippen LogP contribution in [0.4, 0.5) is 0 Å². The van der Waals surface area contributed by atoms with E-state index in [0.717, 1.165) is 83.5 Å². The van der Waals surface area contributed by atoms with Gasteiger partial charge in [0.2, 0.25) is 0 Å². The Hall–Kier alpha value is -2.63. The Kier molecular flexibility index (Phi) is 49.8. The fourth-order valence-corrected chi connectivity index (χ4v) is 7.70. The summed E-state index contributed by atoms with van der Waals surface area (Å²) in [7, 11) is 0. The molecule has 6 nitrogen and oxygen atoms in total. The molecule has 366 valence electrons. The minimum Gasteiger partial charge on any atom is -0.462 e. The highest BCUT2D eigenvalue weighted by Crippen LogP contribution is 2.15. The first kappa shape index (κ1) is 60.4. The van der Waals surface area contributed by atoms with E-state index in [1.807, 2.05) is 0 Å². The Labute approximate surface area is 390 Å². The van der Waals surface area contributed by atoms with Crippen LogP contribution in [0.5, 0.6) is 0 Å². The zero-order chi connectivity index (χ0) is 45.8. The molecule has 0 aliphatic rings. The van der Waals surface area contributed by atoms with E-state index in [1.54, 1.807) is 0 Å². The van der Waals surface area contributed by atoms with Crippen molar-refractivity contribution in [2.45, 2.75) is 284 Å². The van der Waals surface area contributed by atoms with Gasteiger partial charge in [-0.3, -0.25) is 14.4 Å². The molecular formula is C57H102O6. The van der Waals surface area contributed by atoms with E-state index in [4.69, 9.17) is 14.2 Å². The Morgan fingerprint density at radius 2 is 0.619 bits per heavy atom. The number of esters is 3. The van der Waals surface area contributed by atoms with Crippen molar-refractivity contribution in [1.29, 1.82) is 0 Å². The molecule has 6 heteroatoms. The molecular weight excluding hydrogens is 781 g/mol. The summed E-state index contributed by atoms with van der Waals surface area (Å²) in [5.41, 5.74) is 0. The Balaban J connectivity index is 4.34. The average molecular weight is 883 g/mol. The molecule has 0 aromatic carbocycles. The third-order valence-corrected chi connectivity index (χ3v) is 11.8. The second-order valence-corrected chi connectivity index (χ2v) is 18.1. The third-order valence-electron chi connectivity index (χ3n) is 11.8. The maximum absolute atomic E-state index is 12.8. The molecule has 0 spiro atoms. The van der Waals surface area contributed by atoms with Crippen LogP contribution in [0.15, 0.2) is 48.6 Å². The first-order valence-corrected chi connectivity index (χ1v) is 27.1. The van der Waals surface area contributed by atoms with Crippen molar-refractivity contribution in [2.24, 2.45) is 0 Å². The lowest BCUT2D eigenvalue weighted by atomic mass is 10.1. The van der Waals surface area contributed by atoms with Gasteiger partial charge in [-0.15, -0.1) is 0 Å². The van der Waals surface area contributed by atoms with Crippen molar-refractivity contribution >= 4 is 17.9 Å². The molecule has 63 heavy (non-hydrogen) atoms. The van der Waals surface area contributed by atoms with Crippen LogP contribution in [-0.2, 0) is 28.6 Å². The average Bonchev–Trinajstić information content (AvgIpc) is 3.28. The smallest absolute Gasteiger partial charge is 0.306 e. The number of rotatable bonds is 49. The normalized spacial score (nSPS) is 12.4. The van der Waals surface area contributed by atoms with Crippen LogP contribution in [0.25, 0.3) is 0 Å². The Morgan fingerprint density at radius 1 is 0.333 bits per heavy atom. The first-order chi connectivity index (χ1) is 31.0. The quantitative estimate of drug-likeness (QED) is 0.0262. The van der Waals surface area contributed by atoms with E-state index in [1.165, 1.54) is 154 Å². The number of carbonyl (C=O) groups is 3. The number of hydrogen-bond acceptors (Lipinski definition) is 6. The number of carbonyl (C=O) groups excluding carboxylic acids is 3. The molecule has 0 saturated carbocycles. The number of allylic oxidation sites excluding steroid dienone is 8. The van der Waals surface area contributed by atoms with Crippen LogP contribution >= 0.6 is 0 Å². The molecule has 0 amide bonds. The first-order valence-electron chi connectivity index (χ1n) is 27.1. The van der Waals surface area contributed by atoms with Gasteiger partial charge >= 0.3 is 17.9 Å². The van der Waals surface area contributed by atoms with Gasteiger partial charge in [0, 0.05) is 19.3 Å². The van der Waals surface area contributed by atoms with Crippen molar-refractivity contribution in [3.8, 4) is 0 Å². The van der Waals surface area contributed by atoms with Crippen LogP contribution in [-0.4, -0.2) is 37.2 Å².